The van der Waals surface area contributed by atoms with Crippen LogP contribution in [0.4, 0.5) is 5.69 Å². The van der Waals surface area contributed by atoms with Crippen LogP contribution in [0.5, 0.6) is 5.75 Å². The molecule has 1 aliphatic heterocycles. The molecule has 0 saturated carbocycles. The fraction of sp³-hybridized carbons (Fsp3) is 0.318. The smallest absolute Gasteiger partial charge is 0.257 e. The van der Waals surface area contributed by atoms with E-state index in [1.807, 2.05) is 18.7 Å². The quantitative estimate of drug-likeness (QED) is 0.732. The van der Waals surface area contributed by atoms with Gasteiger partial charge in [-0.1, -0.05) is 0 Å². The van der Waals surface area contributed by atoms with Gasteiger partial charge in [-0.15, -0.1) is 0 Å². The Morgan fingerprint density at radius 3 is 2.14 bits per heavy atom. The van der Waals surface area contributed by atoms with E-state index in [0.717, 1.165) is 25.9 Å². The molecule has 1 heterocycles. The molecule has 0 spiro atoms. The molecular weight excluding hydrogens is 386 g/mol. The van der Waals surface area contributed by atoms with Crippen molar-refractivity contribution in [2.75, 3.05) is 18.4 Å². The van der Waals surface area contributed by atoms with Crippen LogP contribution >= 0.6 is 12.2 Å². The predicted octanol–water partition coefficient (Wildman–Crippen LogP) is 3.84. The summed E-state index contributed by atoms with van der Waals surface area (Å²) in [6.45, 7) is 5.53. The maximum atomic E-state index is 12.4. The first-order chi connectivity index (χ1) is 13.9. The van der Waals surface area contributed by atoms with Crippen LogP contribution < -0.4 is 15.4 Å². The van der Waals surface area contributed by atoms with Crippen LogP contribution in [-0.4, -0.2) is 41.0 Å². The number of likely N-dealkylation sites (tertiary alicyclic amines) is 1. The normalized spacial score (nSPS) is 13.3. The van der Waals surface area contributed by atoms with E-state index in [1.165, 1.54) is 0 Å². The number of hydrogen-bond acceptors (Lipinski definition) is 4. The summed E-state index contributed by atoms with van der Waals surface area (Å²) in [4.78, 5) is 26.6. The summed E-state index contributed by atoms with van der Waals surface area (Å²) in [6.07, 6.45) is 2.20. The molecule has 2 aromatic carbocycles. The fourth-order valence-electron chi connectivity index (χ4n) is 3.09. The number of nitrogens with zero attached hydrogens (tertiary/aromatic N) is 1. The van der Waals surface area contributed by atoms with E-state index in [1.54, 1.807) is 48.5 Å². The molecule has 6 nitrogen and oxygen atoms in total. The lowest BCUT2D eigenvalue weighted by Gasteiger charge is -2.15. The number of thiocarbonyl (C=S) groups is 1. The monoisotopic (exact) mass is 411 g/mol. The number of amides is 2. The summed E-state index contributed by atoms with van der Waals surface area (Å²) >= 11 is 5.22. The fourth-order valence-corrected chi connectivity index (χ4v) is 3.30. The number of rotatable bonds is 5. The molecule has 1 aliphatic rings. The third kappa shape index (κ3) is 5.77. The van der Waals surface area contributed by atoms with Crippen molar-refractivity contribution >= 4 is 34.8 Å². The number of anilines is 1. The Bertz CT molecular complexity index is 873. The molecule has 0 aromatic heterocycles. The zero-order valence-corrected chi connectivity index (χ0v) is 17.4. The number of carbonyl (C=O) groups is 2. The van der Waals surface area contributed by atoms with E-state index >= 15 is 0 Å². The van der Waals surface area contributed by atoms with Crippen LogP contribution in [0, 0.1) is 0 Å². The summed E-state index contributed by atoms with van der Waals surface area (Å²) in [6, 6.07) is 14.0. The van der Waals surface area contributed by atoms with E-state index in [2.05, 4.69) is 10.6 Å². The molecular formula is C22H25N3O3S. The molecule has 0 unspecified atom stereocenters. The van der Waals surface area contributed by atoms with E-state index in [0.29, 0.717) is 22.6 Å². The highest BCUT2D eigenvalue weighted by Gasteiger charge is 2.19. The third-order valence-electron chi connectivity index (χ3n) is 4.50. The third-order valence-corrected chi connectivity index (χ3v) is 4.70. The molecule has 2 amide bonds. The van der Waals surface area contributed by atoms with Gasteiger partial charge in [-0.3, -0.25) is 14.9 Å². The molecule has 152 valence electrons. The van der Waals surface area contributed by atoms with Gasteiger partial charge in [0.15, 0.2) is 5.11 Å². The summed E-state index contributed by atoms with van der Waals surface area (Å²) < 4.78 is 5.57. The largest absolute Gasteiger partial charge is 0.491 e. The van der Waals surface area contributed by atoms with Crippen molar-refractivity contribution in [1.82, 2.24) is 10.2 Å². The molecule has 1 fully saturated rings. The lowest BCUT2D eigenvalue weighted by atomic mass is 10.2. The van der Waals surface area contributed by atoms with Crippen LogP contribution in [0.25, 0.3) is 0 Å². The Morgan fingerprint density at radius 1 is 0.966 bits per heavy atom. The Morgan fingerprint density at radius 2 is 1.55 bits per heavy atom. The molecule has 2 N–H and O–H groups in total. The highest BCUT2D eigenvalue weighted by Crippen LogP contribution is 2.16. The molecule has 7 heteroatoms. The summed E-state index contributed by atoms with van der Waals surface area (Å²) in [5.41, 5.74) is 1.84. The number of ether oxygens (including phenoxy) is 1. The van der Waals surface area contributed by atoms with E-state index in [4.69, 9.17) is 17.0 Å². The van der Waals surface area contributed by atoms with Gasteiger partial charge in [-0.05, 0) is 87.4 Å². The number of benzene rings is 2. The van der Waals surface area contributed by atoms with Gasteiger partial charge in [0.2, 0.25) is 0 Å². The van der Waals surface area contributed by atoms with Gasteiger partial charge in [0.25, 0.3) is 11.8 Å². The summed E-state index contributed by atoms with van der Waals surface area (Å²) in [5, 5.41) is 5.81. The lowest BCUT2D eigenvalue weighted by molar-refractivity contribution is 0.0792. The molecule has 1 saturated heterocycles. The van der Waals surface area contributed by atoms with Gasteiger partial charge in [0.05, 0.1) is 6.10 Å². The molecule has 0 bridgehead atoms. The number of carbonyl (C=O) groups excluding carboxylic acids is 2. The van der Waals surface area contributed by atoms with Crippen LogP contribution in [0.1, 0.15) is 47.4 Å². The van der Waals surface area contributed by atoms with Crippen LogP contribution in [0.3, 0.4) is 0 Å². The second-order valence-corrected chi connectivity index (χ2v) is 7.58. The highest BCUT2D eigenvalue weighted by atomic mass is 32.1. The van der Waals surface area contributed by atoms with Crippen LogP contribution in [0.2, 0.25) is 0 Å². The first kappa shape index (κ1) is 20.8. The molecule has 3 rings (SSSR count). The van der Waals surface area contributed by atoms with Gasteiger partial charge in [0, 0.05) is 29.9 Å². The van der Waals surface area contributed by atoms with Gasteiger partial charge in [-0.2, -0.15) is 0 Å². The SMILES string of the molecule is CC(C)Oc1ccc(C(=O)NC(=S)Nc2ccc(C(=O)N3CCCC3)cc2)cc1. The summed E-state index contributed by atoms with van der Waals surface area (Å²) in [5.74, 6) is 0.454. The van der Waals surface area contributed by atoms with Crippen molar-refractivity contribution < 1.29 is 14.3 Å². The predicted molar refractivity (Wildman–Crippen MR) is 117 cm³/mol. The Kier molecular flexibility index (Phi) is 6.82. The van der Waals surface area contributed by atoms with Gasteiger partial charge < -0.3 is 15.0 Å². The molecule has 0 aliphatic carbocycles. The zero-order valence-electron chi connectivity index (χ0n) is 16.6. The highest BCUT2D eigenvalue weighted by molar-refractivity contribution is 7.80. The topological polar surface area (TPSA) is 70.7 Å². The van der Waals surface area contributed by atoms with E-state index < -0.39 is 0 Å². The first-order valence-corrected chi connectivity index (χ1v) is 10.1. The average Bonchev–Trinajstić information content (AvgIpc) is 3.23. The molecule has 0 atom stereocenters. The average molecular weight is 412 g/mol. The summed E-state index contributed by atoms with van der Waals surface area (Å²) in [7, 11) is 0. The minimum Gasteiger partial charge on any atom is -0.491 e. The minimum absolute atomic E-state index is 0.0508. The van der Waals surface area contributed by atoms with E-state index in [9.17, 15) is 9.59 Å². The van der Waals surface area contributed by atoms with Gasteiger partial charge in [0.1, 0.15) is 5.75 Å². The Balaban J connectivity index is 1.53. The van der Waals surface area contributed by atoms with Crippen LogP contribution in [-0.2, 0) is 0 Å². The van der Waals surface area contributed by atoms with Crippen molar-refractivity contribution in [2.24, 2.45) is 0 Å². The second-order valence-electron chi connectivity index (χ2n) is 7.18. The van der Waals surface area contributed by atoms with Crippen molar-refractivity contribution in [3.63, 3.8) is 0 Å². The lowest BCUT2D eigenvalue weighted by Crippen LogP contribution is -2.34. The molecule has 2 aromatic rings. The van der Waals surface area contributed by atoms with Crippen molar-refractivity contribution in [3.05, 3.63) is 59.7 Å². The van der Waals surface area contributed by atoms with Crippen molar-refractivity contribution in [2.45, 2.75) is 32.8 Å². The van der Waals surface area contributed by atoms with Gasteiger partial charge >= 0.3 is 0 Å². The van der Waals surface area contributed by atoms with E-state index in [-0.39, 0.29) is 23.0 Å². The maximum absolute atomic E-state index is 12.4. The number of nitrogens with one attached hydrogen (secondary N) is 2. The maximum Gasteiger partial charge on any atom is 0.257 e. The number of hydrogen-bond donors (Lipinski definition) is 2. The van der Waals surface area contributed by atoms with Crippen molar-refractivity contribution in [1.29, 1.82) is 0 Å². The second kappa shape index (κ2) is 9.52. The van der Waals surface area contributed by atoms with Crippen molar-refractivity contribution in [3.8, 4) is 5.75 Å². The zero-order chi connectivity index (χ0) is 20.8. The molecule has 0 radical (unpaired) electrons. The molecule has 29 heavy (non-hydrogen) atoms. The Hall–Kier alpha value is -2.93. The van der Waals surface area contributed by atoms with Gasteiger partial charge in [-0.25, -0.2) is 0 Å². The minimum atomic E-state index is -0.306. The standard InChI is InChI=1S/C22H25N3O3S/c1-15(2)28-19-11-7-16(8-12-19)20(26)24-22(29)23-18-9-5-17(6-10-18)21(27)25-13-3-4-14-25/h5-12,15H,3-4,13-14H2,1-2H3,(H2,23,24,26,29). The first-order valence-electron chi connectivity index (χ1n) is 9.71. The Labute approximate surface area is 176 Å². The van der Waals surface area contributed by atoms with Crippen LogP contribution in [0.15, 0.2) is 48.5 Å².